The minimum absolute atomic E-state index is 1.03. The minimum Gasteiger partial charge on any atom is -0.310 e. The molecule has 0 atom stereocenters. The van der Waals surface area contributed by atoms with Gasteiger partial charge in [-0.1, -0.05) is 191 Å². The van der Waals surface area contributed by atoms with E-state index in [0.29, 0.717) is 0 Å². The van der Waals surface area contributed by atoms with Crippen molar-refractivity contribution >= 4 is 82.4 Å². The predicted octanol–water partition coefficient (Wildman–Crippen LogP) is 17.9. The Balaban J connectivity index is 0.00000232. The Bertz CT molecular complexity index is 3450. The van der Waals surface area contributed by atoms with Crippen molar-refractivity contribution in [2.24, 2.45) is 0 Å². The predicted molar refractivity (Wildman–Crippen MR) is 276 cm³/mol. The summed E-state index contributed by atoms with van der Waals surface area (Å²) in [7, 11) is 0. The van der Waals surface area contributed by atoms with E-state index >= 15 is 0 Å². The molecule has 0 saturated carbocycles. The zero-order valence-corrected chi connectivity index (χ0v) is 36.3. The van der Waals surface area contributed by atoms with Gasteiger partial charge in [0.05, 0.1) is 22.6 Å². The fourth-order valence-corrected chi connectivity index (χ4v) is 10.3. The van der Waals surface area contributed by atoms with Crippen LogP contribution in [-0.4, -0.2) is 4.57 Å². The highest BCUT2D eigenvalue weighted by atomic mass is 32.1. The third-order valence-electron chi connectivity index (χ3n) is 12.0. The highest BCUT2D eigenvalue weighted by molar-refractivity contribution is 7.25. The highest BCUT2D eigenvalue weighted by Gasteiger charge is 2.22. The number of hydrogen-bond donors (Lipinski definition) is 0. The van der Waals surface area contributed by atoms with Crippen molar-refractivity contribution in [1.82, 2.24) is 4.57 Å². The van der Waals surface area contributed by atoms with Gasteiger partial charge in [0.15, 0.2) is 0 Å². The Morgan fingerprint density at radius 2 is 1.05 bits per heavy atom. The van der Waals surface area contributed by atoms with Crippen molar-refractivity contribution in [1.29, 1.82) is 0 Å². The zero-order valence-electron chi connectivity index (χ0n) is 35.5. The fourth-order valence-electron chi connectivity index (χ4n) is 9.16. The number of rotatable bonds is 9. The highest BCUT2D eigenvalue weighted by Crippen LogP contribution is 2.46. The maximum atomic E-state index is 4.29. The van der Waals surface area contributed by atoms with Gasteiger partial charge in [-0.15, -0.1) is 11.3 Å². The van der Waals surface area contributed by atoms with Crippen molar-refractivity contribution in [3.8, 4) is 39.1 Å². The largest absolute Gasteiger partial charge is 0.310 e. The average Bonchev–Trinajstić information content (AvgIpc) is 3.89. The molecule has 3 heteroatoms. The van der Waals surface area contributed by atoms with Crippen LogP contribution < -0.4 is 4.90 Å². The lowest BCUT2D eigenvalue weighted by Gasteiger charge is -2.28. The number of para-hydroxylation sites is 1. The normalized spacial score (nSPS) is 11.1. The van der Waals surface area contributed by atoms with Gasteiger partial charge < -0.3 is 9.47 Å². The van der Waals surface area contributed by atoms with Crippen LogP contribution in [-0.2, 0) is 0 Å². The molecular formula is C60H46N2S. The summed E-state index contributed by atoms with van der Waals surface area (Å²) in [6, 6.07) is 74.8. The monoisotopic (exact) mass is 826 g/mol. The number of hydrogen-bond acceptors (Lipinski definition) is 2. The lowest BCUT2D eigenvalue weighted by Crippen LogP contribution is -2.11. The Hall–Kier alpha value is -7.72. The molecular weight excluding hydrogens is 781 g/mol. The third kappa shape index (κ3) is 6.93. The molecule has 0 N–H and O–H groups in total. The summed E-state index contributed by atoms with van der Waals surface area (Å²) in [5.41, 5.74) is 14.6. The van der Waals surface area contributed by atoms with Crippen LogP contribution in [0.3, 0.4) is 0 Å². The van der Waals surface area contributed by atoms with Crippen LogP contribution in [0.15, 0.2) is 219 Å². The summed E-state index contributed by atoms with van der Waals surface area (Å²) in [6.45, 7) is 12.5. The maximum Gasteiger partial charge on any atom is 0.0547 e. The first kappa shape index (κ1) is 39.4. The lowest BCUT2D eigenvalue weighted by molar-refractivity contribution is 1.12. The van der Waals surface area contributed by atoms with E-state index in [4.69, 9.17) is 0 Å². The number of benzene rings is 9. The van der Waals surface area contributed by atoms with Crippen LogP contribution in [0.4, 0.5) is 17.1 Å². The molecule has 0 amide bonds. The van der Waals surface area contributed by atoms with E-state index in [2.05, 4.69) is 229 Å². The molecule has 0 spiro atoms. The molecule has 0 aliphatic carbocycles. The second-order valence-corrected chi connectivity index (χ2v) is 16.4. The molecule has 9 aromatic carbocycles. The topological polar surface area (TPSA) is 8.17 Å². The fraction of sp³-hybridized carbons (Fsp3) is 0.0333. The summed E-state index contributed by atoms with van der Waals surface area (Å²) < 4.78 is 4.92. The summed E-state index contributed by atoms with van der Waals surface area (Å²) >= 11 is 1.85. The third-order valence-corrected chi connectivity index (χ3v) is 13.1. The van der Waals surface area contributed by atoms with Crippen LogP contribution in [0, 0.1) is 0 Å². The van der Waals surface area contributed by atoms with Crippen molar-refractivity contribution in [3.05, 3.63) is 231 Å². The van der Waals surface area contributed by atoms with Gasteiger partial charge in [-0.2, -0.15) is 0 Å². The molecule has 0 aliphatic heterocycles. The molecule has 11 rings (SSSR count). The standard InChI is InChI=1S/C58H40N2S.C2H6/c1-3-45-50-35-31-42(37-56(50)60(53(45)4-2)54-27-16-20-41-19-8-9-22-47(41)54)46-21-10-11-23-48(46)49-24-12-14-26-55(49)59(43-32-29-40(30-33-43)39-17-6-5-7-18-39)44-34-36-52-51-25-13-15-28-57(51)61-58(52)38-44;1-2/h3-38H,1-2H2;1-2H3. The van der Waals surface area contributed by atoms with Crippen molar-refractivity contribution in [3.63, 3.8) is 0 Å². The molecule has 302 valence electrons. The molecule has 2 aromatic heterocycles. The molecule has 0 bridgehead atoms. The summed E-state index contributed by atoms with van der Waals surface area (Å²) in [5, 5.41) is 6.10. The Morgan fingerprint density at radius 3 is 1.84 bits per heavy atom. The van der Waals surface area contributed by atoms with E-state index in [-0.39, 0.29) is 0 Å². The van der Waals surface area contributed by atoms with Crippen molar-refractivity contribution < 1.29 is 0 Å². The summed E-state index contributed by atoms with van der Waals surface area (Å²) in [6.07, 6.45) is 3.92. The number of thiophene rings is 1. The molecule has 2 nitrogen and oxygen atoms in total. The maximum absolute atomic E-state index is 4.29. The molecule has 11 aromatic rings. The molecule has 0 fully saturated rings. The van der Waals surface area contributed by atoms with Gasteiger partial charge in [-0.3, -0.25) is 0 Å². The van der Waals surface area contributed by atoms with Crippen molar-refractivity contribution in [2.45, 2.75) is 13.8 Å². The van der Waals surface area contributed by atoms with Gasteiger partial charge in [0, 0.05) is 53.4 Å². The Labute approximate surface area is 373 Å². The van der Waals surface area contributed by atoms with Gasteiger partial charge >= 0.3 is 0 Å². The molecule has 0 unspecified atom stereocenters. The Morgan fingerprint density at radius 1 is 0.444 bits per heavy atom. The van der Waals surface area contributed by atoms with Gasteiger partial charge in [0.1, 0.15) is 0 Å². The van der Waals surface area contributed by atoms with E-state index in [1.165, 1.54) is 42.1 Å². The van der Waals surface area contributed by atoms with E-state index in [9.17, 15) is 0 Å². The van der Waals surface area contributed by atoms with Crippen LogP contribution >= 0.6 is 11.3 Å². The van der Waals surface area contributed by atoms with Crippen LogP contribution in [0.5, 0.6) is 0 Å². The smallest absolute Gasteiger partial charge is 0.0547 e. The van der Waals surface area contributed by atoms with Crippen molar-refractivity contribution in [2.75, 3.05) is 4.90 Å². The number of nitrogens with zero attached hydrogens (tertiary/aromatic N) is 2. The Kier molecular flexibility index (Phi) is 10.6. The molecule has 63 heavy (non-hydrogen) atoms. The average molecular weight is 827 g/mol. The summed E-state index contributed by atoms with van der Waals surface area (Å²) in [4.78, 5) is 2.42. The van der Waals surface area contributed by atoms with E-state index in [0.717, 1.165) is 67.2 Å². The lowest BCUT2D eigenvalue weighted by atomic mass is 9.92. The van der Waals surface area contributed by atoms with Crippen LogP contribution in [0.25, 0.3) is 93.1 Å². The zero-order chi connectivity index (χ0) is 42.9. The van der Waals surface area contributed by atoms with Crippen LogP contribution in [0.1, 0.15) is 25.1 Å². The second kappa shape index (κ2) is 17.0. The van der Waals surface area contributed by atoms with E-state index in [1.807, 2.05) is 37.3 Å². The van der Waals surface area contributed by atoms with E-state index < -0.39 is 0 Å². The van der Waals surface area contributed by atoms with Gasteiger partial charge in [0.2, 0.25) is 0 Å². The first-order chi connectivity index (χ1) is 31.2. The minimum atomic E-state index is 1.03. The first-order valence-corrected chi connectivity index (χ1v) is 22.5. The van der Waals surface area contributed by atoms with Crippen LogP contribution in [0.2, 0.25) is 0 Å². The molecule has 0 saturated heterocycles. The molecule has 0 aliphatic rings. The van der Waals surface area contributed by atoms with Gasteiger partial charge in [-0.05, 0) is 87.8 Å². The van der Waals surface area contributed by atoms with Gasteiger partial charge in [-0.25, -0.2) is 0 Å². The first-order valence-electron chi connectivity index (χ1n) is 21.7. The summed E-state index contributed by atoms with van der Waals surface area (Å²) in [5.74, 6) is 0. The SMILES string of the molecule is C=Cc1c(C=C)n(-c2cccc3ccccc23)c2cc(-c3ccccc3-c3ccccc3N(c3ccc(-c4ccccc4)cc3)c3ccc4c(c3)sc3ccccc34)ccc12.CC. The molecule has 0 radical (unpaired) electrons. The van der Waals surface area contributed by atoms with Gasteiger partial charge in [0.25, 0.3) is 0 Å². The number of aromatic nitrogens is 1. The molecule has 2 heterocycles. The van der Waals surface area contributed by atoms with E-state index in [1.54, 1.807) is 0 Å². The number of anilines is 3. The number of fused-ring (bicyclic) bond motifs is 5. The second-order valence-electron chi connectivity index (χ2n) is 15.4. The quantitative estimate of drug-likeness (QED) is 0.141.